The zero-order chi connectivity index (χ0) is 19.1. The van der Waals surface area contributed by atoms with Gasteiger partial charge >= 0.3 is 5.97 Å². The number of benzene rings is 3. The Hall–Kier alpha value is -3.27. The molecule has 4 aromatic rings. The van der Waals surface area contributed by atoms with E-state index in [1.54, 1.807) is 6.92 Å². The lowest BCUT2D eigenvalue weighted by Gasteiger charge is -2.15. The van der Waals surface area contributed by atoms with Crippen LogP contribution < -0.4 is 0 Å². The topological polar surface area (TPSA) is 62.3 Å². The Morgan fingerprint density at radius 2 is 1.78 bits per heavy atom. The number of phenolic OH excluding ortho intramolecular Hbond substituents is 1. The second kappa shape index (κ2) is 6.47. The molecule has 3 aromatic carbocycles. The first-order valence-corrected chi connectivity index (χ1v) is 9.03. The quantitative estimate of drug-likeness (QED) is 0.476. The Morgan fingerprint density at radius 3 is 2.48 bits per heavy atom. The molecule has 0 saturated carbocycles. The average Bonchev–Trinajstić information content (AvgIpc) is 3.03. The highest BCUT2D eigenvalue weighted by Crippen LogP contribution is 2.43. The fourth-order valence-electron chi connectivity index (χ4n) is 3.68. The third-order valence-electron chi connectivity index (χ3n) is 4.99. The first-order chi connectivity index (χ1) is 13.0. The predicted molar refractivity (Wildman–Crippen MR) is 108 cm³/mol. The van der Waals surface area contributed by atoms with Crippen LogP contribution in [0.25, 0.3) is 32.9 Å². The molecule has 0 amide bonds. The molecule has 0 aliphatic carbocycles. The van der Waals surface area contributed by atoms with Gasteiger partial charge in [-0.05, 0) is 32.4 Å². The number of carbonyl (C=O) groups is 1. The van der Waals surface area contributed by atoms with Crippen LogP contribution in [0.3, 0.4) is 0 Å². The van der Waals surface area contributed by atoms with Crippen molar-refractivity contribution in [3.63, 3.8) is 0 Å². The summed E-state index contributed by atoms with van der Waals surface area (Å²) in [5, 5.41) is 12.5. The molecule has 0 fully saturated rings. The summed E-state index contributed by atoms with van der Waals surface area (Å²) in [5.74, 6) is -0.537. The van der Waals surface area contributed by atoms with E-state index in [0.717, 1.165) is 33.1 Å². The van der Waals surface area contributed by atoms with Crippen LogP contribution in [0, 0.1) is 13.8 Å². The van der Waals surface area contributed by atoms with Gasteiger partial charge in [0.25, 0.3) is 0 Å². The third kappa shape index (κ3) is 2.65. The number of para-hydroxylation sites is 1. The number of nitrogens with one attached hydrogen (secondary N) is 1. The molecule has 4 rings (SSSR count). The number of phenols is 1. The van der Waals surface area contributed by atoms with Crippen LogP contribution in [0.5, 0.6) is 5.75 Å². The molecule has 136 valence electrons. The molecule has 0 aliphatic heterocycles. The molecule has 0 atom stereocenters. The van der Waals surface area contributed by atoms with E-state index in [1.807, 2.05) is 62.4 Å². The van der Waals surface area contributed by atoms with E-state index in [1.165, 1.54) is 0 Å². The highest BCUT2D eigenvalue weighted by Gasteiger charge is 2.26. The maximum atomic E-state index is 12.7. The summed E-state index contributed by atoms with van der Waals surface area (Å²) >= 11 is 0. The Labute approximate surface area is 157 Å². The first-order valence-electron chi connectivity index (χ1n) is 9.03. The SMILES string of the molecule is CCOC(=O)c1c(O)c(C)c(-c2ccc(C)cc2)c2[nH]c3ccccc3c12. The lowest BCUT2D eigenvalue weighted by molar-refractivity contribution is 0.0525. The molecule has 1 aromatic heterocycles. The van der Waals surface area contributed by atoms with Gasteiger partial charge in [0.2, 0.25) is 0 Å². The summed E-state index contributed by atoms with van der Waals surface area (Å²) < 4.78 is 5.24. The molecular formula is C23H21NO3. The van der Waals surface area contributed by atoms with E-state index in [2.05, 4.69) is 4.98 Å². The molecule has 0 radical (unpaired) electrons. The minimum Gasteiger partial charge on any atom is -0.507 e. The van der Waals surface area contributed by atoms with Crippen molar-refractivity contribution in [2.45, 2.75) is 20.8 Å². The van der Waals surface area contributed by atoms with Gasteiger partial charge in [0.05, 0.1) is 12.1 Å². The molecule has 0 saturated heterocycles. The van der Waals surface area contributed by atoms with Crippen molar-refractivity contribution in [1.29, 1.82) is 0 Å². The summed E-state index contributed by atoms with van der Waals surface area (Å²) in [6.07, 6.45) is 0. The van der Waals surface area contributed by atoms with Gasteiger partial charge in [0.1, 0.15) is 11.3 Å². The minimum atomic E-state index is -0.511. The molecule has 1 heterocycles. The molecule has 0 spiro atoms. The lowest BCUT2D eigenvalue weighted by atomic mass is 9.92. The second-order valence-electron chi connectivity index (χ2n) is 6.73. The van der Waals surface area contributed by atoms with Crippen LogP contribution in [-0.2, 0) is 4.74 Å². The van der Waals surface area contributed by atoms with Gasteiger partial charge in [-0.25, -0.2) is 4.79 Å². The van der Waals surface area contributed by atoms with Gasteiger partial charge in [0.15, 0.2) is 0 Å². The second-order valence-corrected chi connectivity index (χ2v) is 6.73. The smallest absolute Gasteiger partial charge is 0.342 e. The van der Waals surface area contributed by atoms with Gasteiger partial charge in [-0.3, -0.25) is 0 Å². The van der Waals surface area contributed by atoms with E-state index in [0.29, 0.717) is 10.9 Å². The summed E-state index contributed by atoms with van der Waals surface area (Å²) in [6, 6.07) is 15.9. The van der Waals surface area contributed by atoms with Gasteiger partial charge in [-0.2, -0.15) is 0 Å². The predicted octanol–water partition coefficient (Wildman–Crippen LogP) is 5.49. The van der Waals surface area contributed by atoms with Gasteiger partial charge in [-0.15, -0.1) is 0 Å². The summed E-state index contributed by atoms with van der Waals surface area (Å²) in [5.41, 5.74) is 5.66. The maximum Gasteiger partial charge on any atom is 0.342 e. The van der Waals surface area contributed by atoms with Crippen molar-refractivity contribution in [2.24, 2.45) is 0 Å². The van der Waals surface area contributed by atoms with Crippen molar-refractivity contribution in [2.75, 3.05) is 6.61 Å². The number of aromatic hydroxyl groups is 1. The van der Waals surface area contributed by atoms with E-state index in [-0.39, 0.29) is 17.9 Å². The summed E-state index contributed by atoms with van der Waals surface area (Å²) in [7, 11) is 0. The van der Waals surface area contributed by atoms with Gasteiger partial charge < -0.3 is 14.8 Å². The number of aryl methyl sites for hydroxylation is 1. The molecule has 4 nitrogen and oxygen atoms in total. The number of esters is 1. The largest absolute Gasteiger partial charge is 0.507 e. The Kier molecular flexibility index (Phi) is 4.11. The first kappa shape index (κ1) is 17.2. The summed E-state index contributed by atoms with van der Waals surface area (Å²) in [6.45, 7) is 5.88. The van der Waals surface area contributed by atoms with Crippen LogP contribution in [0.4, 0.5) is 0 Å². The van der Waals surface area contributed by atoms with Crippen molar-refractivity contribution in [1.82, 2.24) is 4.98 Å². The number of aromatic nitrogens is 1. The number of ether oxygens (including phenoxy) is 1. The molecule has 0 unspecified atom stereocenters. The molecule has 4 heteroatoms. The molecule has 0 bridgehead atoms. The van der Waals surface area contributed by atoms with E-state index in [9.17, 15) is 9.90 Å². The van der Waals surface area contributed by atoms with Crippen molar-refractivity contribution in [3.05, 3.63) is 65.2 Å². The number of fused-ring (bicyclic) bond motifs is 3. The highest BCUT2D eigenvalue weighted by atomic mass is 16.5. The zero-order valence-corrected chi connectivity index (χ0v) is 15.6. The normalized spacial score (nSPS) is 11.2. The standard InChI is InChI=1S/C23H21NO3/c1-4-27-23(26)20-19-16-7-5-6-8-17(16)24-21(19)18(14(3)22(20)25)15-11-9-13(2)10-12-15/h5-12,24-25H,4H2,1-3H3. The van der Waals surface area contributed by atoms with E-state index < -0.39 is 5.97 Å². The van der Waals surface area contributed by atoms with Gasteiger partial charge in [-0.1, -0.05) is 48.0 Å². The Morgan fingerprint density at radius 1 is 1.07 bits per heavy atom. The monoisotopic (exact) mass is 359 g/mol. The minimum absolute atomic E-state index is 0.0266. The lowest BCUT2D eigenvalue weighted by Crippen LogP contribution is -2.07. The number of rotatable bonds is 3. The number of hydrogen-bond donors (Lipinski definition) is 2. The zero-order valence-electron chi connectivity index (χ0n) is 15.6. The highest BCUT2D eigenvalue weighted by molar-refractivity contribution is 6.21. The van der Waals surface area contributed by atoms with Crippen molar-refractivity contribution < 1.29 is 14.6 Å². The fourth-order valence-corrected chi connectivity index (χ4v) is 3.68. The van der Waals surface area contributed by atoms with Gasteiger partial charge in [0, 0.05) is 27.4 Å². The molecule has 27 heavy (non-hydrogen) atoms. The van der Waals surface area contributed by atoms with E-state index >= 15 is 0 Å². The number of H-pyrrole nitrogens is 1. The van der Waals surface area contributed by atoms with Crippen molar-refractivity contribution >= 4 is 27.8 Å². The number of hydrogen-bond acceptors (Lipinski definition) is 3. The third-order valence-corrected chi connectivity index (χ3v) is 4.99. The van der Waals surface area contributed by atoms with Crippen molar-refractivity contribution in [3.8, 4) is 16.9 Å². The number of carbonyl (C=O) groups excluding carboxylic acids is 1. The molecular weight excluding hydrogens is 338 g/mol. The number of aromatic amines is 1. The van der Waals surface area contributed by atoms with Crippen LogP contribution in [-0.4, -0.2) is 22.7 Å². The van der Waals surface area contributed by atoms with Crippen LogP contribution in [0.2, 0.25) is 0 Å². The Bertz CT molecular complexity index is 1170. The molecule has 2 N–H and O–H groups in total. The fraction of sp³-hybridized carbons (Fsp3) is 0.174. The van der Waals surface area contributed by atoms with Crippen LogP contribution in [0.1, 0.15) is 28.4 Å². The maximum absolute atomic E-state index is 12.7. The molecule has 0 aliphatic rings. The Balaban J connectivity index is 2.17. The van der Waals surface area contributed by atoms with E-state index in [4.69, 9.17) is 4.74 Å². The summed E-state index contributed by atoms with van der Waals surface area (Å²) in [4.78, 5) is 16.1. The van der Waals surface area contributed by atoms with Crippen LogP contribution >= 0.6 is 0 Å². The average molecular weight is 359 g/mol. The van der Waals surface area contributed by atoms with Crippen LogP contribution in [0.15, 0.2) is 48.5 Å².